The Balaban J connectivity index is 1.28. The molecule has 0 unspecified atom stereocenters. The molecule has 2 aromatic heterocycles. The molecule has 1 aromatic carbocycles. The zero-order valence-electron chi connectivity index (χ0n) is 26.4. The summed E-state index contributed by atoms with van der Waals surface area (Å²) < 4.78 is 38.7. The standard InChI is InChI=1S/C33H40N4O10/c1-2-45-33(40)26-6-8-35-28(22-26)27-21-25(5-7-34-27)32(39)37-10-9-36-31(38)24-3-4-29-30(23-24)47-20-18-44-16-14-42-12-11-41-13-15-43-17-19-46-29/h3-8,21-23H,2,9-20H2,1H3,(H,36,38)(H,37,39). The van der Waals surface area contributed by atoms with Crippen molar-refractivity contribution in [3.8, 4) is 22.9 Å². The number of nitrogens with one attached hydrogen (secondary N) is 2. The van der Waals surface area contributed by atoms with Gasteiger partial charge in [-0.25, -0.2) is 4.79 Å². The number of pyridine rings is 2. The molecule has 3 aromatic rings. The van der Waals surface area contributed by atoms with Crippen molar-refractivity contribution >= 4 is 17.8 Å². The summed E-state index contributed by atoms with van der Waals surface area (Å²) in [4.78, 5) is 46.4. The van der Waals surface area contributed by atoms with Crippen molar-refractivity contribution in [2.45, 2.75) is 6.92 Å². The van der Waals surface area contributed by atoms with E-state index in [0.29, 0.717) is 92.4 Å². The molecule has 4 rings (SSSR count). The molecule has 0 aliphatic carbocycles. The minimum atomic E-state index is -0.468. The summed E-state index contributed by atoms with van der Waals surface area (Å²) in [5.41, 5.74) is 1.89. The fraction of sp³-hybridized carbons (Fsp3) is 0.424. The molecule has 1 aliphatic heterocycles. The Bertz CT molecular complexity index is 1450. The SMILES string of the molecule is CCOC(=O)c1ccnc(-c2cc(C(=O)NCCNC(=O)c3ccc4c(c3)OCCOCCOCCOCCOCCO4)ccn2)c1. The van der Waals surface area contributed by atoms with Crippen LogP contribution in [0.4, 0.5) is 0 Å². The van der Waals surface area contributed by atoms with Crippen LogP contribution < -0.4 is 20.1 Å². The van der Waals surface area contributed by atoms with Gasteiger partial charge in [-0.05, 0) is 49.4 Å². The number of fused-ring (bicyclic) bond motifs is 1. The lowest BCUT2D eigenvalue weighted by Gasteiger charge is -2.15. The smallest absolute Gasteiger partial charge is 0.338 e. The summed E-state index contributed by atoms with van der Waals surface area (Å²) in [7, 11) is 0. The summed E-state index contributed by atoms with van der Waals surface area (Å²) in [5, 5.41) is 5.58. The second-order valence-corrected chi connectivity index (χ2v) is 9.90. The van der Waals surface area contributed by atoms with Crippen LogP contribution in [0.2, 0.25) is 0 Å². The van der Waals surface area contributed by atoms with Crippen molar-refractivity contribution in [1.82, 2.24) is 20.6 Å². The maximum Gasteiger partial charge on any atom is 0.338 e. The average molecular weight is 653 g/mol. The predicted molar refractivity (Wildman–Crippen MR) is 169 cm³/mol. The number of benzene rings is 1. The first-order valence-electron chi connectivity index (χ1n) is 15.4. The Morgan fingerprint density at radius 3 is 1.64 bits per heavy atom. The van der Waals surface area contributed by atoms with Crippen LogP contribution in [0.25, 0.3) is 11.4 Å². The number of nitrogens with zero attached hydrogens (tertiary/aromatic N) is 2. The Labute approximate surface area is 273 Å². The van der Waals surface area contributed by atoms with Crippen LogP contribution in [-0.4, -0.2) is 114 Å². The Kier molecular flexibility index (Phi) is 14.8. The van der Waals surface area contributed by atoms with Crippen molar-refractivity contribution in [3.05, 3.63) is 71.5 Å². The Morgan fingerprint density at radius 1 is 0.617 bits per heavy atom. The highest BCUT2D eigenvalue weighted by atomic mass is 16.6. The molecule has 252 valence electrons. The number of carbonyl (C=O) groups excluding carboxylic acids is 3. The van der Waals surface area contributed by atoms with Gasteiger partial charge in [-0.1, -0.05) is 0 Å². The molecule has 0 saturated carbocycles. The molecule has 2 N–H and O–H groups in total. The average Bonchev–Trinajstić information content (AvgIpc) is 3.10. The molecule has 14 heteroatoms. The third-order valence-corrected chi connectivity index (χ3v) is 6.54. The molecular formula is C33H40N4O10. The van der Waals surface area contributed by atoms with Crippen molar-refractivity contribution in [1.29, 1.82) is 0 Å². The number of amides is 2. The Morgan fingerprint density at radius 2 is 1.09 bits per heavy atom. The van der Waals surface area contributed by atoms with E-state index >= 15 is 0 Å². The molecule has 3 heterocycles. The monoisotopic (exact) mass is 652 g/mol. The van der Waals surface area contributed by atoms with Gasteiger partial charge in [0.2, 0.25) is 0 Å². The molecule has 0 saturated heterocycles. The molecule has 1 aliphatic rings. The van der Waals surface area contributed by atoms with E-state index < -0.39 is 5.97 Å². The normalized spacial score (nSPS) is 15.0. The molecule has 2 amide bonds. The number of carbonyl (C=O) groups is 3. The first-order valence-corrected chi connectivity index (χ1v) is 15.4. The maximum atomic E-state index is 12.9. The van der Waals surface area contributed by atoms with E-state index in [2.05, 4.69) is 20.6 Å². The number of hydrogen-bond acceptors (Lipinski definition) is 12. The molecule has 0 radical (unpaired) electrons. The van der Waals surface area contributed by atoms with Gasteiger partial charge >= 0.3 is 5.97 Å². The minimum absolute atomic E-state index is 0.176. The first-order chi connectivity index (χ1) is 23.0. The second kappa shape index (κ2) is 19.8. The van der Waals surface area contributed by atoms with E-state index in [1.807, 2.05) is 0 Å². The highest BCUT2D eigenvalue weighted by Crippen LogP contribution is 2.28. The van der Waals surface area contributed by atoms with E-state index in [1.54, 1.807) is 49.4 Å². The topological polar surface area (TPSA) is 166 Å². The largest absolute Gasteiger partial charge is 0.487 e. The lowest BCUT2D eigenvalue weighted by Crippen LogP contribution is -2.34. The first kappa shape index (κ1) is 35.2. The predicted octanol–water partition coefficient (Wildman–Crippen LogP) is 2.32. The molecule has 0 bridgehead atoms. The quantitative estimate of drug-likeness (QED) is 0.270. The van der Waals surface area contributed by atoms with Gasteiger partial charge in [0.15, 0.2) is 11.5 Å². The summed E-state index contributed by atoms with van der Waals surface area (Å²) in [6.45, 7) is 6.27. The van der Waals surface area contributed by atoms with Crippen molar-refractivity contribution < 1.29 is 47.5 Å². The fourth-order valence-corrected chi connectivity index (χ4v) is 4.24. The van der Waals surface area contributed by atoms with Crippen LogP contribution >= 0.6 is 0 Å². The van der Waals surface area contributed by atoms with Gasteiger partial charge in [-0.2, -0.15) is 0 Å². The molecule has 0 spiro atoms. The fourth-order valence-electron chi connectivity index (χ4n) is 4.24. The van der Waals surface area contributed by atoms with Gasteiger partial charge in [0.25, 0.3) is 11.8 Å². The zero-order chi connectivity index (χ0) is 33.1. The van der Waals surface area contributed by atoms with Gasteiger partial charge in [0.1, 0.15) is 13.2 Å². The number of ether oxygens (including phenoxy) is 7. The van der Waals surface area contributed by atoms with Gasteiger partial charge < -0.3 is 43.8 Å². The van der Waals surface area contributed by atoms with Crippen molar-refractivity contribution in [2.75, 3.05) is 85.8 Å². The summed E-state index contributed by atoms with van der Waals surface area (Å²) in [6.07, 6.45) is 2.97. The lowest BCUT2D eigenvalue weighted by atomic mass is 10.1. The summed E-state index contributed by atoms with van der Waals surface area (Å²) >= 11 is 0. The van der Waals surface area contributed by atoms with E-state index in [1.165, 1.54) is 12.4 Å². The maximum absolute atomic E-state index is 12.9. The van der Waals surface area contributed by atoms with E-state index in [4.69, 9.17) is 33.2 Å². The molecular weight excluding hydrogens is 612 g/mol. The van der Waals surface area contributed by atoms with E-state index in [9.17, 15) is 14.4 Å². The second-order valence-electron chi connectivity index (χ2n) is 9.90. The van der Waals surface area contributed by atoms with E-state index in [-0.39, 0.29) is 44.7 Å². The zero-order valence-corrected chi connectivity index (χ0v) is 26.4. The van der Waals surface area contributed by atoms with E-state index in [0.717, 1.165) is 0 Å². The lowest BCUT2D eigenvalue weighted by molar-refractivity contribution is -0.00842. The van der Waals surface area contributed by atoms with Gasteiger partial charge in [-0.3, -0.25) is 19.6 Å². The number of hydrogen-bond donors (Lipinski definition) is 2. The van der Waals surface area contributed by atoms with Crippen LogP contribution in [0.5, 0.6) is 11.5 Å². The van der Waals surface area contributed by atoms with Gasteiger partial charge in [-0.15, -0.1) is 0 Å². The van der Waals surface area contributed by atoms with Crippen LogP contribution in [-0.2, 0) is 23.7 Å². The van der Waals surface area contributed by atoms with Crippen LogP contribution in [0.1, 0.15) is 38.0 Å². The highest BCUT2D eigenvalue weighted by Gasteiger charge is 2.14. The third kappa shape index (κ3) is 11.9. The van der Waals surface area contributed by atoms with Gasteiger partial charge in [0, 0.05) is 36.6 Å². The summed E-state index contributed by atoms with van der Waals surface area (Å²) in [5.74, 6) is -0.307. The minimum Gasteiger partial charge on any atom is -0.487 e. The molecule has 47 heavy (non-hydrogen) atoms. The van der Waals surface area contributed by atoms with Crippen LogP contribution in [0.15, 0.2) is 54.9 Å². The molecule has 0 fully saturated rings. The highest BCUT2D eigenvalue weighted by molar-refractivity contribution is 5.96. The van der Waals surface area contributed by atoms with Crippen LogP contribution in [0, 0.1) is 0 Å². The molecule has 14 nitrogen and oxygen atoms in total. The number of esters is 1. The van der Waals surface area contributed by atoms with Crippen molar-refractivity contribution in [2.24, 2.45) is 0 Å². The number of rotatable bonds is 8. The van der Waals surface area contributed by atoms with Crippen LogP contribution in [0.3, 0.4) is 0 Å². The number of aromatic nitrogens is 2. The van der Waals surface area contributed by atoms with Gasteiger partial charge in [0.05, 0.1) is 76.4 Å². The molecule has 0 atom stereocenters. The Hall–Kier alpha value is -4.63. The third-order valence-electron chi connectivity index (χ3n) is 6.54. The van der Waals surface area contributed by atoms with Crippen molar-refractivity contribution in [3.63, 3.8) is 0 Å². The summed E-state index contributed by atoms with van der Waals surface area (Å²) in [6, 6.07) is 11.1.